The lowest BCUT2D eigenvalue weighted by molar-refractivity contribution is -0.757. The maximum absolute atomic E-state index is 13.4. The van der Waals surface area contributed by atoms with Gasteiger partial charge < -0.3 is 19.6 Å². The number of carbonyl (C=O) groups is 3. The van der Waals surface area contributed by atoms with Crippen molar-refractivity contribution in [1.29, 1.82) is 0 Å². The number of benzene rings is 2. The first-order chi connectivity index (χ1) is 18.3. The number of nitrogens with zero attached hydrogens (tertiary/aromatic N) is 2. The van der Waals surface area contributed by atoms with E-state index in [2.05, 4.69) is 10.2 Å². The van der Waals surface area contributed by atoms with E-state index in [-0.39, 0.29) is 26.2 Å². The van der Waals surface area contributed by atoms with Gasteiger partial charge in [0, 0.05) is 13.0 Å². The van der Waals surface area contributed by atoms with Crippen LogP contribution in [0.4, 0.5) is 0 Å². The maximum Gasteiger partial charge on any atom is 0.326 e. The highest BCUT2D eigenvalue weighted by atomic mass is 16.9. The first-order valence-electron chi connectivity index (χ1n) is 12.6. The number of nitrogens with one attached hydrogen (secondary N) is 1. The van der Waals surface area contributed by atoms with E-state index >= 15 is 0 Å². The molecule has 0 saturated heterocycles. The number of amides is 1. The normalized spacial score (nSPS) is 16.1. The van der Waals surface area contributed by atoms with Gasteiger partial charge in [-0.2, -0.15) is 0 Å². The Morgan fingerprint density at radius 3 is 2.42 bits per heavy atom. The maximum atomic E-state index is 13.4. The molecule has 0 saturated carbocycles. The van der Waals surface area contributed by atoms with Crippen molar-refractivity contribution >= 4 is 17.8 Å². The van der Waals surface area contributed by atoms with Crippen LogP contribution in [-0.4, -0.2) is 64.3 Å². The SMILES string of the molecule is CC(NC(CCc1ccccc1)C(=O)OCCCCO[N+](=O)[O-])C(=O)N1Cc2ccccc2CC1C(=O)O. The predicted octanol–water partition coefficient (Wildman–Crippen LogP) is 2.54. The molecule has 3 atom stereocenters. The molecule has 2 aromatic rings. The second-order valence-corrected chi connectivity index (χ2v) is 9.19. The van der Waals surface area contributed by atoms with Gasteiger partial charge in [-0.1, -0.05) is 54.6 Å². The van der Waals surface area contributed by atoms with Gasteiger partial charge in [0.25, 0.3) is 5.09 Å². The molecule has 3 rings (SSSR count). The van der Waals surface area contributed by atoms with Crippen molar-refractivity contribution in [3.63, 3.8) is 0 Å². The second-order valence-electron chi connectivity index (χ2n) is 9.19. The molecule has 1 aliphatic rings. The minimum atomic E-state index is -1.08. The van der Waals surface area contributed by atoms with Crippen molar-refractivity contribution in [1.82, 2.24) is 10.2 Å². The molecule has 204 valence electrons. The third-order valence-corrected chi connectivity index (χ3v) is 6.47. The van der Waals surface area contributed by atoms with Gasteiger partial charge in [-0.15, -0.1) is 10.1 Å². The quantitative estimate of drug-likeness (QED) is 0.164. The summed E-state index contributed by atoms with van der Waals surface area (Å²) in [4.78, 5) is 54.2. The van der Waals surface area contributed by atoms with Crippen LogP contribution in [0.1, 0.15) is 42.9 Å². The summed E-state index contributed by atoms with van der Waals surface area (Å²) < 4.78 is 5.39. The van der Waals surface area contributed by atoms with Crippen molar-refractivity contribution in [3.05, 3.63) is 81.4 Å². The molecule has 1 heterocycles. The molecule has 2 aromatic carbocycles. The number of rotatable bonds is 14. The van der Waals surface area contributed by atoms with Gasteiger partial charge in [-0.25, -0.2) is 4.79 Å². The number of carboxylic acids is 1. The third-order valence-electron chi connectivity index (χ3n) is 6.47. The fourth-order valence-electron chi connectivity index (χ4n) is 4.44. The van der Waals surface area contributed by atoms with E-state index in [9.17, 15) is 29.6 Å². The first kappa shape index (κ1) is 28.6. The molecular formula is C27H33N3O8. The smallest absolute Gasteiger partial charge is 0.326 e. The van der Waals surface area contributed by atoms with Gasteiger partial charge in [0.2, 0.25) is 5.91 Å². The fraction of sp³-hybridized carbons (Fsp3) is 0.444. The summed E-state index contributed by atoms with van der Waals surface area (Å²) in [5.41, 5.74) is 2.81. The van der Waals surface area contributed by atoms with Crippen LogP contribution in [0.5, 0.6) is 0 Å². The Balaban J connectivity index is 1.65. The molecule has 1 aliphatic heterocycles. The monoisotopic (exact) mass is 527 g/mol. The Morgan fingerprint density at radius 2 is 1.74 bits per heavy atom. The summed E-state index contributed by atoms with van der Waals surface area (Å²) in [5, 5.41) is 22.2. The second kappa shape index (κ2) is 14.1. The highest BCUT2D eigenvalue weighted by molar-refractivity contribution is 5.88. The lowest BCUT2D eigenvalue weighted by Crippen LogP contribution is -2.56. The van der Waals surface area contributed by atoms with Crippen LogP contribution in [-0.2, 0) is 43.3 Å². The molecule has 11 nitrogen and oxygen atoms in total. The van der Waals surface area contributed by atoms with Crippen LogP contribution < -0.4 is 5.32 Å². The average molecular weight is 528 g/mol. The fourth-order valence-corrected chi connectivity index (χ4v) is 4.44. The number of aliphatic carboxylic acids is 1. The number of carbonyl (C=O) groups excluding carboxylic acids is 2. The zero-order valence-electron chi connectivity index (χ0n) is 21.3. The summed E-state index contributed by atoms with van der Waals surface area (Å²) in [6.45, 7) is 1.74. The van der Waals surface area contributed by atoms with Gasteiger partial charge in [-0.05, 0) is 49.3 Å². The standard InChI is InChI=1S/C27H33N3O8/c1-19(25(31)29-18-22-12-6-5-11-21(22)17-24(29)26(32)33)28-23(14-13-20-9-3-2-4-10-20)27(34)37-15-7-8-16-38-30(35)36/h2-6,9-12,19,23-24,28H,7-8,13-18H2,1H3,(H,32,33). The van der Waals surface area contributed by atoms with Gasteiger partial charge in [-0.3, -0.25) is 14.9 Å². The van der Waals surface area contributed by atoms with Gasteiger partial charge in [0.05, 0.1) is 19.3 Å². The Bertz CT molecular complexity index is 1110. The lowest BCUT2D eigenvalue weighted by Gasteiger charge is -2.36. The molecular weight excluding hydrogens is 494 g/mol. The van der Waals surface area contributed by atoms with Crippen LogP contribution in [0.2, 0.25) is 0 Å². The number of ether oxygens (including phenoxy) is 1. The number of fused-ring (bicyclic) bond motifs is 1. The van der Waals surface area contributed by atoms with E-state index in [4.69, 9.17) is 4.74 Å². The van der Waals surface area contributed by atoms with Gasteiger partial charge in [0.1, 0.15) is 12.1 Å². The Morgan fingerprint density at radius 1 is 1.08 bits per heavy atom. The molecule has 0 aromatic heterocycles. The van der Waals surface area contributed by atoms with Crippen molar-refractivity contribution in [2.75, 3.05) is 13.2 Å². The van der Waals surface area contributed by atoms with Crippen LogP contribution in [0.3, 0.4) is 0 Å². The van der Waals surface area contributed by atoms with Crippen molar-refractivity contribution in [3.8, 4) is 0 Å². The van der Waals surface area contributed by atoms with Crippen LogP contribution in [0.25, 0.3) is 0 Å². The first-order valence-corrected chi connectivity index (χ1v) is 12.6. The van der Waals surface area contributed by atoms with Gasteiger partial charge >= 0.3 is 11.9 Å². The molecule has 0 aliphatic carbocycles. The van der Waals surface area contributed by atoms with E-state index in [1.165, 1.54) is 4.90 Å². The zero-order chi connectivity index (χ0) is 27.5. The van der Waals surface area contributed by atoms with Crippen LogP contribution in [0, 0.1) is 10.1 Å². The molecule has 2 N–H and O–H groups in total. The van der Waals surface area contributed by atoms with Crippen molar-refractivity contribution in [2.45, 2.75) is 63.7 Å². The molecule has 1 amide bonds. The molecule has 0 fully saturated rings. The molecule has 0 bridgehead atoms. The van der Waals surface area contributed by atoms with Gasteiger partial charge in [0.15, 0.2) is 0 Å². The Kier molecular flexibility index (Phi) is 10.6. The Hall–Kier alpha value is -3.99. The van der Waals surface area contributed by atoms with E-state index in [1.807, 2.05) is 54.6 Å². The summed E-state index contributed by atoms with van der Waals surface area (Å²) >= 11 is 0. The number of carboxylic acid groups (broad SMARTS) is 1. The number of hydrogen-bond acceptors (Lipinski definition) is 8. The highest BCUT2D eigenvalue weighted by Gasteiger charge is 2.37. The third kappa shape index (κ3) is 8.27. The number of unbranched alkanes of at least 4 members (excludes halogenated alkanes) is 1. The molecule has 11 heteroatoms. The number of esters is 1. The summed E-state index contributed by atoms with van der Waals surface area (Å²) in [7, 11) is 0. The number of aryl methyl sites for hydroxylation is 1. The molecule has 38 heavy (non-hydrogen) atoms. The molecule has 0 spiro atoms. The average Bonchev–Trinajstić information content (AvgIpc) is 2.91. The zero-order valence-corrected chi connectivity index (χ0v) is 21.3. The summed E-state index contributed by atoms with van der Waals surface area (Å²) in [6.07, 6.45) is 1.85. The molecule has 0 radical (unpaired) electrons. The minimum absolute atomic E-state index is 0.0513. The lowest BCUT2D eigenvalue weighted by atomic mass is 9.93. The predicted molar refractivity (Wildman–Crippen MR) is 136 cm³/mol. The van der Waals surface area contributed by atoms with E-state index in [0.29, 0.717) is 25.7 Å². The van der Waals surface area contributed by atoms with E-state index in [0.717, 1.165) is 16.7 Å². The number of hydrogen-bond donors (Lipinski definition) is 2. The molecule has 3 unspecified atom stereocenters. The highest BCUT2D eigenvalue weighted by Crippen LogP contribution is 2.24. The summed E-state index contributed by atoms with van der Waals surface area (Å²) in [5.74, 6) is -2.04. The largest absolute Gasteiger partial charge is 0.480 e. The van der Waals surface area contributed by atoms with E-state index in [1.54, 1.807) is 6.92 Å². The van der Waals surface area contributed by atoms with E-state index < -0.39 is 41.1 Å². The minimum Gasteiger partial charge on any atom is -0.480 e. The van der Waals surface area contributed by atoms with Crippen LogP contribution >= 0.6 is 0 Å². The summed E-state index contributed by atoms with van der Waals surface area (Å²) in [6, 6.07) is 14.4. The van der Waals surface area contributed by atoms with Crippen molar-refractivity contribution < 1.29 is 34.2 Å². The topological polar surface area (TPSA) is 148 Å². The van der Waals surface area contributed by atoms with Crippen molar-refractivity contribution in [2.24, 2.45) is 0 Å². The van der Waals surface area contributed by atoms with Crippen LogP contribution in [0.15, 0.2) is 54.6 Å². The Labute approximate surface area is 220 Å².